The zero-order chi connectivity index (χ0) is 21.6. The Morgan fingerprint density at radius 1 is 1.29 bits per heavy atom. The molecule has 0 radical (unpaired) electrons. The van der Waals surface area contributed by atoms with Crippen LogP contribution in [0.3, 0.4) is 0 Å². The average Bonchev–Trinajstić information content (AvgIpc) is 3.45. The molecule has 0 spiro atoms. The average molecular weight is 429 g/mol. The molecule has 1 aliphatic heterocycles. The van der Waals surface area contributed by atoms with Gasteiger partial charge in [-0.3, -0.25) is 5.10 Å². The number of aliphatic hydroxyl groups excluding tert-OH is 2. The van der Waals surface area contributed by atoms with Crippen molar-refractivity contribution in [2.24, 2.45) is 0 Å². The Kier molecular flexibility index (Phi) is 7.34. The van der Waals surface area contributed by atoms with Gasteiger partial charge in [-0.15, -0.1) is 0 Å². The summed E-state index contributed by atoms with van der Waals surface area (Å²) in [6.45, 7) is 3.41. The lowest BCUT2D eigenvalue weighted by Gasteiger charge is -2.23. The molecule has 0 bridgehead atoms. The molecule has 1 fully saturated rings. The van der Waals surface area contributed by atoms with Crippen LogP contribution in [0.5, 0.6) is 0 Å². The fraction of sp³-hybridized carbons (Fsp3) is 0.565. The lowest BCUT2D eigenvalue weighted by molar-refractivity contribution is -0.0365. The number of rotatable bonds is 10. The van der Waals surface area contributed by atoms with E-state index in [1.807, 2.05) is 17.8 Å². The normalized spacial score (nSPS) is 19.0. The van der Waals surface area contributed by atoms with Gasteiger partial charge in [0.15, 0.2) is 6.23 Å². The molecule has 0 aliphatic carbocycles. The summed E-state index contributed by atoms with van der Waals surface area (Å²) >= 11 is 0. The molecule has 1 aromatic carbocycles. The van der Waals surface area contributed by atoms with Crippen LogP contribution in [-0.4, -0.2) is 62.7 Å². The van der Waals surface area contributed by atoms with Crippen LogP contribution in [0.4, 0.5) is 0 Å². The van der Waals surface area contributed by atoms with E-state index in [1.165, 1.54) is 0 Å². The standard InChI is InChI=1S/C23H32N4O4/c1-16(7-9-28)30-11-8-18(15-29)17-5-6-21-20(12-17)23(19-13-24-25-14-19)26-27(21)22-4-2-3-10-31-22/h5-6,12-14,16,18,22,28-29H,2-4,7-11,15H2,1H3,(H,24,25)/t16-,18?,22?/m0/s1. The Balaban J connectivity index is 1.62. The lowest BCUT2D eigenvalue weighted by atomic mass is 9.95. The number of hydrogen-bond acceptors (Lipinski definition) is 6. The van der Waals surface area contributed by atoms with Gasteiger partial charge in [-0.1, -0.05) is 6.07 Å². The molecule has 1 aliphatic rings. The molecular weight excluding hydrogens is 396 g/mol. The Morgan fingerprint density at radius 3 is 2.90 bits per heavy atom. The predicted molar refractivity (Wildman–Crippen MR) is 118 cm³/mol. The van der Waals surface area contributed by atoms with E-state index in [-0.39, 0.29) is 31.5 Å². The van der Waals surface area contributed by atoms with E-state index in [0.717, 1.165) is 53.6 Å². The number of aliphatic hydroxyl groups is 2. The van der Waals surface area contributed by atoms with E-state index in [4.69, 9.17) is 19.7 Å². The number of H-pyrrole nitrogens is 1. The molecule has 3 aromatic rings. The first-order chi connectivity index (χ1) is 15.2. The Morgan fingerprint density at radius 2 is 2.19 bits per heavy atom. The molecular formula is C23H32N4O4. The van der Waals surface area contributed by atoms with Crippen molar-refractivity contribution >= 4 is 10.9 Å². The number of hydrogen-bond donors (Lipinski definition) is 3. The first-order valence-corrected chi connectivity index (χ1v) is 11.2. The van der Waals surface area contributed by atoms with Crippen LogP contribution in [0.15, 0.2) is 30.6 Å². The number of ether oxygens (including phenoxy) is 2. The maximum Gasteiger partial charge on any atom is 0.150 e. The van der Waals surface area contributed by atoms with Crippen molar-refractivity contribution in [3.8, 4) is 11.3 Å². The molecule has 0 amide bonds. The molecule has 3 N–H and O–H groups in total. The highest BCUT2D eigenvalue weighted by molar-refractivity contribution is 5.93. The van der Waals surface area contributed by atoms with Gasteiger partial charge in [0.25, 0.3) is 0 Å². The fourth-order valence-corrected chi connectivity index (χ4v) is 4.18. The minimum atomic E-state index is -0.0576. The van der Waals surface area contributed by atoms with Crippen LogP contribution >= 0.6 is 0 Å². The molecule has 1 saturated heterocycles. The zero-order valence-corrected chi connectivity index (χ0v) is 18.0. The van der Waals surface area contributed by atoms with Crippen molar-refractivity contribution in [3.63, 3.8) is 0 Å². The summed E-state index contributed by atoms with van der Waals surface area (Å²) in [5.74, 6) is -0.0304. The molecule has 8 nitrogen and oxygen atoms in total. The van der Waals surface area contributed by atoms with Gasteiger partial charge in [-0.2, -0.15) is 10.2 Å². The maximum absolute atomic E-state index is 10.0. The maximum atomic E-state index is 10.0. The summed E-state index contributed by atoms with van der Waals surface area (Å²) in [7, 11) is 0. The highest BCUT2D eigenvalue weighted by atomic mass is 16.5. The second-order valence-electron chi connectivity index (χ2n) is 8.24. The Labute approximate surface area is 182 Å². The van der Waals surface area contributed by atoms with Crippen molar-refractivity contribution < 1.29 is 19.7 Å². The lowest BCUT2D eigenvalue weighted by Crippen LogP contribution is -2.19. The smallest absolute Gasteiger partial charge is 0.150 e. The Bertz CT molecular complexity index is 950. The number of benzene rings is 1. The summed E-state index contributed by atoms with van der Waals surface area (Å²) in [4.78, 5) is 0. The second-order valence-corrected chi connectivity index (χ2v) is 8.24. The van der Waals surface area contributed by atoms with E-state index in [0.29, 0.717) is 19.4 Å². The minimum absolute atomic E-state index is 0.00763. The van der Waals surface area contributed by atoms with Crippen LogP contribution in [-0.2, 0) is 9.47 Å². The molecule has 2 unspecified atom stereocenters. The van der Waals surface area contributed by atoms with Crippen molar-refractivity contribution in [1.29, 1.82) is 0 Å². The third-order valence-electron chi connectivity index (χ3n) is 6.03. The summed E-state index contributed by atoms with van der Waals surface area (Å²) in [6, 6.07) is 6.28. The third kappa shape index (κ3) is 4.98. The van der Waals surface area contributed by atoms with Gasteiger partial charge in [0.05, 0.1) is 24.4 Å². The SMILES string of the molecule is C[C@@H](CCO)OCCC(CO)c1ccc2c(c1)c(-c1cn[nH]c1)nn2C1CCCCO1. The zero-order valence-electron chi connectivity index (χ0n) is 18.0. The van der Waals surface area contributed by atoms with Crippen molar-refractivity contribution in [1.82, 2.24) is 20.0 Å². The van der Waals surface area contributed by atoms with Crippen molar-refractivity contribution in [2.45, 2.75) is 57.3 Å². The first-order valence-electron chi connectivity index (χ1n) is 11.2. The fourth-order valence-electron chi connectivity index (χ4n) is 4.18. The predicted octanol–water partition coefficient (Wildman–Crippen LogP) is 3.38. The molecule has 168 valence electrons. The van der Waals surface area contributed by atoms with Gasteiger partial charge in [-0.25, -0.2) is 4.68 Å². The van der Waals surface area contributed by atoms with Gasteiger partial charge < -0.3 is 19.7 Å². The summed E-state index contributed by atoms with van der Waals surface area (Å²) in [5, 5.41) is 32.0. The van der Waals surface area contributed by atoms with E-state index in [9.17, 15) is 5.11 Å². The van der Waals surface area contributed by atoms with Crippen LogP contribution < -0.4 is 0 Å². The molecule has 0 saturated carbocycles. The van der Waals surface area contributed by atoms with Crippen LogP contribution in [0, 0.1) is 0 Å². The number of fused-ring (bicyclic) bond motifs is 1. The molecule has 3 atom stereocenters. The number of nitrogens with zero attached hydrogens (tertiary/aromatic N) is 3. The van der Waals surface area contributed by atoms with Gasteiger partial charge in [0.1, 0.15) is 5.69 Å². The molecule has 8 heteroatoms. The van der Waals surface area contributed by atoms with Crippen molar-refractivity contribution in [3.05, 3.63) is 36.2 Å². The molecule has 31 heavy (non-hydrogen) atoms. The van der Waals surface area contributed by atoms with Gasteiger partial charge in [0, 0.05) is 42.9 Å². The molecule has 2 aromatic heterocycles. The third-order valence-corrected chi connectivity index (χ3v) is 6.03. The highest BCUT2D eigenvalue weighted by Gasteiger charge is 2.23. The topological polar surface area (TPSA) is 105 Å². The largest absolute Gasteiger partial charge is 0.396 e. The Hall–Kier alpha value is -2.26. The number of nitrogens with one attached hydrogen (secondary N) is 1. The van der Waals surface area contributed by atoms with E-state index >= 15 is 0 Å². The van der Waals surface area contributed by atoms with E-state index in [1.54, 1.807) is 6.20 Å². The monoisotopic (exact) mass is 428 g/mol. The van der Waals surface area contributed by atoms with E-state index < -0.39 is 0 Å². The number of aromatic nitrogens is 4. The summed E-state index contributed by atoms with van der Waals surface area (Å²) < 4.78 is 13.8. The quantitative estimate of drug-likeness (QED) is 0.457. The molecule has 3 heterocycles. The summed E-state index contributed by atoms with van der Waals surface area (Å²) in [6.07, 6.45) is 8.07. The number of aromatic amines is 1. The second kappa shape index (κ2) is 10.4. The van der Waals surface area contributed by atoms with E-state index in [2.05, 4.69) is 28.4 Å². The minimum Gasteiger partial charge on any atom is -0.396 e. The van der Waals surface area contributed by atoms with Gasteiger partial charge >= 0.3 is 0 Å². The van der Waals surface area contributed by atoms with Gasteiger partial charge in [0.2, 0.25) is 0 Å². The van der Waals surface area contributed by atoms with Crippen LogP contribution in [0.25, 0.3) is 22.2 Å². The highest BCUT2D eigenvalue weighted by Crippen LogP contribution is 2.34. The first kappa shape index (κ1) is 22.0. The molecule has 4 rings (SSSR count). The summed E-state index contributed by atoms with van der Waals surface area (Å²) in [5.41, 5.74) is 3.88. The van der Waals surface area contributed by atoms with Gasteiger partial charge in [-0.05, 0) is 56.7 Å². The van der Waals surface area contributed by atoms with Crippen molar-refractivity contribution in [2.75, 3.05) is 26.4 Å². The van der Waals surface area contributed by atoms with Crippen LogP contribution in [0.2, 0.25) is 0 Å². The van der Waals surface area contributed by atoms with Crippen LogP contribution in [0.1, 0.15) is 56.7 Å².